The molecule has 0 saturated carbocycles. The Labute approximate surface area is 177 Å². The molecule has 3 aromatic rings. The number of benzene rings is 2. The van der Waals surface area contributed by atoms with Crippen molar-refractivity contribution in [2.75, 3.05) is 11.9 Å². The Morgan fingerprint density at radius 1 is 1.00 bits per heavy atom. The highest BCUT2D eigenvalue weighted by Gasteiger charge is 2.39. The molecular weight excluding hydrogens is 403 g/mol. The summed E-state index contributed by atoms with van der Waals surface area (Å²) in [4.78, 5) is 28.0. The Morgan fingerprint density at radius 3 is 2.43 bits per heavy atom. The monoisotopic (exact) mass is 422 g/mol. The van der Waals surface area contributed by atoms with Crippen LogP contribution in [-0.4, -0.2) is 23.3 Å². The maximum absolute atomic E-state index is 14.1. The predicted octanol–water partition coefficient (Wildman–Crippen LogP) is 4.68. The average Bonchev–Trinajstić information content (AvgIpc) is 3.34. The first-order valence-electron chi connectivity index (χ1n) is 9.46. The van der Waals surface area contributed by atoms with E-state index in [4.69, 9.17) is 4.74 Å². The van der Waals surface area contributed by atoms with Crippen LogP contribution < -0.4 is 10.1 Å². The van der Waals surface area contributed by atoms with E-state index < -0.39 is 17.6 Å². The molecule has 7 heteroatoms. The van der Waals surface area contributed by atoms with Crippen molar-refractivity contribution in [2.24, 2.45) is 0 Å². The molecule has 1 aliphatic rings. The van der Waals surface area contributed by atoms with E-state index in [0.29, 0.717) is 28.5 Å². The summed E-state index contributed by atoms with van der Waals surface area (Å²) >= 11 is 1.37. The van der Waals surface area contributed by atoms with E-state index in [1.165, 1.54) is 17.4 Å². The Kier molecular flexibility index (Phi) is 5.63. The second kappa shape index (κ2) is 8.51. The van der Waals surface area contributed by atoms with Crippen molar-refractivity contribution in [3.05, 3.63) is 88.0 Å². The molecule has 0 fully saturated rings. The molecule has 30 heavy (non-hydrogen) atoms. The van der Waals surface area contributed by atoms with E-state index in [9.17, 15) is 14.0 Å². The molecule has 1 N–H and O–H groups in total. The number of thiophene rings is 1. The number of halogens is 1. The predicted molar refractivity (Wildman–Crippen MR) is 114 cm³/mol. The van der Waals surface area contributed by atoms with Crippen LogP contribution in [0.4, 0.5) is 10.1 Å². The van der Waals surface area contributed by atoms with Crippen molar-refractivity contribution in [3.8, 4) is 5.75 Å². The van der Waals surface area contributed by atoms with E-state index in [1.54, 1.807) is 48.5 Å². The third-order valence-electron chi connectivity index (χ3n) is 4.66. The average molecular weight is 422 g/mol. The van der Waals surface area contributed by atoms with Crippen LogP contribution in [0, 0.1) is 5.82 Å². The number of nitrogens with one attached hydrogen (secondary N) is 1. The van der Waals surface area contributed by atoms with Crippen molar-refractivity contribution < 1.29 is 18.7 Å². The van der Waals surface area contributed by atoms with Gasteiger partial charge in [0.05, 0.1) is 18.7 Å². The molecular formula is C23H19FN2O3S. The third-order valence-corrected chi connectivity index (χ3v) is 5.54. The first-order chi connectivity index (χ1) is 14.6. The molecule has 0 saturated heterocycles. The normalized spacial score (nSPS) is 13.9. The SMILES string of the molecule is CCOc1ccc(NC2=C(c3cccs3)C(=O)N(Cc3ccccc3F)C2=O)cc1. The van der Waals surface area contributed by atoms with Gasteiger partial charge in [0.25, 0.3) is 11.8 Å². The lowest BCUT2D eigenvalue weighted by Gasteiger charge is -2.16. The zero-order valence-corrected chi connectivity index (χ0v) is 17.0. The van der Waals surface area contributed by atoms with Gasteiger partial charge in [0.15, 0.2) is 0 Å². The molecule has 0 unspecified atom stereocenters. The number of anilines is 1. The number of rotatable bonds is 7. The van der Waals surface area contributed by atoms with Gasteiger partial charge < -0.3 is 10.1 Å². The fraction of sp³-hybridized carbons (Fsp3) is 0.130. The van der Waals surface area contributed by atoms with Crippen LogP contribution in [0.3, 0.4) is 0 Å². The van der Waals surface area contributed by atoms with Crippen molar-refractivity contribution in [3.63, 3.8) is 0 Å². The lowest BCUT2D eigenvalue weighted by atomic mass is 10.1. The summed E-state index contributed by atoms with van der Waals surface area (Å²) in [6.45, 7) is 2.32. The summed E-state index contributed by atoms with van der Waals surface area (Å²) in [5, 5.41) is 4.93. The summed E-state index contributed by atoms with van der Waals surface area (Å²) in [5.74, 6) is -0.672. The van der Waals surface area contributed by atoms with Gasteiger partial charge in [-0.1, -0.05) is 24.3 Å². The lowest BCUT2D eigenvalue weighted by molar-refractivity contribution is -0.137. The summed E-state index contributed by atoms with van der Waals surface area (Å²) in [6.07, 6.45) is 0. The summed E-state index contributed by atoms with van der Waals surface area (Å²) in [6, 6.07) is 16.9. The van der Waals surface area contributed by atoms with E-state index in [1.807, 2.05) is 18.4 Å². The minimum absolute atomic E-state index is 0.131. The molecule has 1 aliphatic heterocycles. The highest BCUT2D eigenvalue weighted by molar-refractivity contribution is 7.11. The number of hydrogen-bond acceptors (Lipinski definition) is 5. The zero-order valence-electron chi connectivity index (χ0n) is 16.2. The Bertz CT molecular complexity index is 1110. The Morgan fingerprint density at radius 2 is 1.77 bits per heavy atom. The fourth-order valence-corrected chi connectivity index (χ4v) is 4.00. The largest absolute Gasteiger partial charge is 0.494 e. The number of hydrogen-bond donors (Lipinski definition) is 1. The number of amides is 2. The standard InChI is InChI=1S/C23H19FN2O3S/c1-2-29-17-11-9-16(10-12-17)25-21-20(19-8-5-13-30-19)22(27)26(23(21)28)14-15-6-3-4-7-18(15)24/h3-13,25H,2,14H2,1H3. The first-order valence-corrected chi connectivity index (χ1v) is 10.3. The van der Waals surface area contributed by atoms with Crippen molar-refractivity contribution in [2.45, 2.75) is 13.5 Å². The number of imide groups is 1. The van der Waals surface area contributed by atoms with Gasteiger partial charge in [-0.3, -0.25) is 14.5 Å². The van der Waals surface area contributed by atoms with Crippen LogP contribution in [0.15, 0.2) is 71.7 Å². The van der Waals surface area contributed by atoms with Crippen molar-refractivity contribution >= 4 is 34.4 Å². The summed E-state index contributed by atoms with van der Waals surface area (Å²) in [7, 11) is 0. The molecule has 0 radical (unpaired) electrons. The third kappa shape index (κ3) is 3.84. The molecule has 152 valence electrons. The molecule has 2 aromatic carbocycles. The number of carbonyl (C=O) groups excluding carboxylic acids is 2. The van der Waals surface area contributed by atoms with Gasteiger partial charge in [0.2, 0.25) is 0 Å². The van der Waals surface area contributed by atoms with Crippen LogP contribution >= 0.6 is 11.3 Å². The highest BCUT2D eigenvalue weighted by atomic mass is 32.1. The number of carbonyl (C=O) groups is 2. The van der Waals surface area contributed by atoms with Gasteiger partial charge in [-0.05, 0) is 48.7 Å². The van der Waals surface area contributed by atoms with E-state index >= 15 is 0 Å². The second-order valence-corrected chi connectivity index (χ2v) is 7.55. The Hall–Kier alpha value is -3.45. The molecule has 0 bridgehead atoms. The lowest BCUT2D eigenvalue weighted by Crippen LogP contribution is -2.32. The molecule has 5 nitrogen and oxygen atoms in total. The van der Waals surface area contributed by atoms with Gasteiger partial charge in [-0.25, -0.2) is 4.39 Å². The minimum atomic E-state index is -0.486. The smallest absolute Gasteiger partial charge is 0.278 e. The van der Waals surface area contributed by atoms with E-state index in [2.05, 4.69) is 5.32 Å². The quantitative estimate of drug-likeness (QED) is 0.562. The van der Waals surface area contributed by atoms with Crippen LogP contribution in [0.1, 0.15) is 17.4 Å². The van der Waals surface area contributed by atoms with Crippen LogP contribution in [0.25, 0.3) is 5.57 Å². The van der Waals surface area contributed by atoms with Crippen molar-refractivity contribution in [1.82, 2.24) is 4.90 Å². The molecule has 4 rings (SSSR count). The van der Waals surface area contributed by atoms with E-state index in [0.717, 1.165) is 4.90 Å². The van der Waals surface area contributed by atoms with Gasteiger partial charge in [0.1, 0.15) is 17.3 Å². The Balaban J connectivity index is 1.67. The minimum Gasteiger partial charge on any atom is -0.494 e. The molecule has 1 aromatic heterocycles. The van der Waals surface area contributed by atoms with Crippen LogP contribution in [-0.2, 0) is 16.1 Å². The summed E-state index contributed by atoms with van der Waals surface area (Å²) in [5.41, 5.74) is 1.41. The molecule has 0 atom stereocenters. The maximum atomic E-state index is 14.1. The molecule has 2 amide bonds. The second-order valence-electron chi connectivity index (χ2n) is 6.60. The van der Waals surface area contributed by atoms with Crippen LogP contribution in [0.2, 0.25) is 0 Å². The number of nitrogens with zero attached hydrogens (tertiary/aromatic N) is 1. The first kappa shape index (κ1) is 19.8. The van der Waals surface area contributed by atoms with Crippen LogP contribution in [0.5, 0.6) is 5.75 Å². The maximum Gasteiger partial charge on any atom is 0.278 e. The molecule has 0 aliphatic carbocycles. The molecule has 0 spiro atoms. The van der Waals surface area contributed by atoms with Crippen molar-refractivity contribution in [1.29, 1.82) is 0 Å². The highest BCUT2D eigenvalue weighted by Crippen LogP contribution is 2.34. The van der Waals surface area contributed by atoms with Gasteiger partial charge in [-0.2, -0.15) is 0 Å². The number of ether oxygens (including phenoxy) is 1. The summed E-state index contributed by atoms with van der Waals surface area (Å²) < 4.78 is 19.6. The van der Waals surface area contributed by atoms with Gasteiger partial charge in [0, 0.05) is 16.1 Å². The topological polar surface area (TPSA) is 58.6 Å². The fourth-order valence-electron chi connectivity index (χ4n) is 3.23. The molecule has 2 heterocycles. The van der Waals surface area contributed by atoms with Gasteiger partial charge >= 0.3 is 0 Å². The van der Waals surface area contributed by atoms with Gasteiger partial charge in [-0.15, -0.1) is 11.3 Å². The van der Waals surface area contributed by atoms with E-state index in [-0.39, 0.29) is 17.8 Å². The zero-order chi connectivity index (χ0) is 21.1.